The van der Waals surface area contributed by atoms with Gasteiger partial charge >= 0.3 is 0 Å². The number of piperidine rings is 1. The molecule has 30 heavy (non-hydrogen) atoms. The Labute approximate surface area is 183 Å². The zero-order valence-corrected chi connectivity index (χ0v) is 18.7. The number of halogens is 1. The van der Waals surface area contributed by atoms with E-state index in [9.17, 15) is 4.79 Å². The summed E-state index contributed by atoms with van der Waals surface area (Å²) in [6.07, 6.45) is 3.61. The molecule has 0 saturated carbocycles. The van der Waals surface area contributed by atoms with Gasteiger partial charge in [-0.1, -0.05) is 42.3 Å². The first-order valence-electron chi connectivity index (χ1n) is 10.7. The molecule has 1 fully saturated rings. The van der Waals surface area contributed by atoms with Crippen LogP contribution in [0.25, 0.3) is 11.0 Å². The van der Waals surface area contributed by atoms with Crippen molar-refractivity contribution in [3.8, 4) is 0 Å². The zero-order chi connectivity index (χ0) is 21.3. The van der Waals surface area contributed by atoms with E-state index in [1.54, 1.807) is 0 Å². The van der Waals surface area contributed by atoms with Crippen LogP contribution in [-0.4, -0.2) is 30.4 Å². The number of hydrogen-bond acceptors (Lipinski definition) is 3. The van der Waals surface area contributed by atoms with Crippen molar-refractivity contribution in [3.05, 3.63) is 69.4 Å². The van der Waals surface area contributed by atoms with Crippen molar-refractivity contribution in [3.63, 3.8) is 0 Å². The molecule has 1 amide bonds. The van der Waals surface area contributed by atoms with Gasteiger partial charge in [0.1, 0.15) is 5.58 Å². The number of carbonyl (C=O) groups excluding carboxylic acids is 1. The standard InChI is InChI=1S/C25H29ClN2O2/c1-16-13-17(2)23-18(3)24(30-22(23)14-16)25(29)27-15-21(28-11-7-4-8-12-28)19-9-5-6-10-20(19)26/h5-6,9-10,13-14,21H,4,7-8,11-12,15H2,1-3H3,(H,27,29)/t21-/m0/s1. The predicted octanol–water partition coefficient (Wildman–Crippen LogP) is 5.97. The fourth-order valence-electron chi connectivity index (χ4n) is 4.69. The minimum Gasteiger partial charge on any atom is -0.451 e. The molecule has 0 spiro atoms. The van der Waals surface area contributed by atoms with Gasteiger partial charge in [0.25, 0.3) is 5.91 Å². The van der Waals surface area contributed by atoms with E-state index >= 15 is 0 Å². The topological polar surface area (TPSA) is 45.5 Å². The second-order valence-electron chi connectivity index (χ2n) is 8.36. The molecule has 1 N–H and O–H groups in total. The lowest BCUT2D eigenvalue weighted by atomic mass is 10.0. The van der Waals surface area contributed by atoms with Crippen molar-refractivity contribution in [2.75, 3.05) is 19.6 Å². The molecule has 0 unspecified atom stereocenters. The molecular weight excluding hydrogens is 396 g/mol. The van der Waals surface area contributed by atoms with Crippen molar-refractivity contribution in [1.82, 2.24) is 10.2 Å². The average molecular weight is 425 g/mol. The van der Waals surface area contributed by atoms with Crippen molar-refractivity contribution in [2.24, 2.45) is 0 Å². The number of amides is 1. The third-order valence-corrected chi connectivity index (χ3v) is 6.47. The van der Waals surface area contributed by atoms with Crippen molar-refractivity contribution in [1.29, 1.82) is 0 Å². The van der Waals surface area contributed by atoms with E-state index in [1.165, 1.54) is 19.3 Å². The predicted molar refractivity (Wildman–Crippen MR) is 122 cm³/mol. The lowest BCUT2D eigenvalue weighted by Crippen LogP contribution is -2.40. The first-order chi connectivity index (χ1) is 14.5. The molecule has 0 radical (unpaired) electrons. The van der Waals surface area contributed by atoms with Crippen molar-refractivity contribution in [2.45, 2.75) is 46.1 Å². The third kappa shape index (κ3) is 4.12. The normalized spacial score (nSPS) is 16.0. The Morgan fingerprint density at radius 2 is 1.87 bits per heavy atom. The van der Waals surface area contributed by atoms with E-state index < -0.39 is 0 Å². The molecule has 1 aliphatic heterocycles. The maximum atomic E-state index is 13.1. The number of nitrogens with zero attached hydrogens (tertiary/aromatic N) is 1. The molecule has 0 aliphatic carbocycles. The summed E-state index contributed by atoms with van der Waals surface area (Å²) in [4.78, 5) is 15.5. The summed E-state index contributed by atoms with van der Waals surface area (Å²) in [6, 6.07) is 12.1. The highest BCUT2D eigenvalue weighted by atomic mass is 35.5. The molecule has 1 aromatic heterocycles. The maximum Gasteiger partial charge on any atom is 0.287 e. The fourth-order valence-corrected chi connectivity index (χ4v) is 4.95. The Bertz CT molecular complexity index is 1070. The van der Waals surface area contributed by atoms with Gasteiger partial charge in [0.05, 0.1) is 6.04 Å². The molecule has 2 aromatic carbocycles. The van der Waals surface area contributed by atoms with Gasteiger partial charge in [-0.05, 0) is 75.5 Å². The van der Waals surface area contributed by atoms with Crippen LogP contribution < -0.4 is 5.32 Å². The zero-order valence-electron chi connectivity index (χ0n) is 17.9. The summed E-state index contributed by atoms with van der Waals surface area (Å²) in [5, 5.41) is 4.90. The molecule has 4 rings (SSSR count). The highest BCUT2D eigenvalue weighted by Gasteiger charge is 2.26. The lowest BCUT2D eigenvalue weighted by Gasteiger charge is -2.35. The van der Waals surface area contributed by atoms with Gasteiger partial charge in [-0.3, -0.25) is 9.69 Å². The Balaban J connectivity index is 1.58. The van der Waals surface area contributed by atoms with Gasteiger partial charge in [-0.2, -0.15) is 0 Å². The van der Waals surface area contributed by atoms with Crippen LogP contribution in [0.2, 0.25) is 5.02 Å². The van der Waals surface area contributed by atoms with E-state index in [-0.39, 0.29) is 11.9 Å². The van der Waals surface area contributed by atoms with Gasteiger partial charge in [0.2, 0.25) is 0 Å². The summed E-state index contributed by atoms with van der Waals surface area (Å²) in [7, 11) is 0. The largest absolute Gasteiger partial charge is 0.451 e. The van der Waals surface area contributed by atoms with E-state index in [0.29, 0.717) is 12.3 Å². The third-order valence-electron chi connectivity index (χ3n) is 6.13. The Kier molecular flexibility index (Phi) is 6.16. The number of benzene rings is 2. The van der Waals surface area contributed by atoms with Crippen LogP contribution in [0.3, 0.4) is 0 Å². The molecular formula is C25H29ClN2O2. The number of aryl methyl sites for hydroxylation is 3. The second kappa shape index (κ2) is 8.83. The van der Waals surface area contributed by atoms with E-state index in [2.05, 4.69) is 29.3 Å². The monoisotopic (exact) mass is 424 g/mol. The van der Waals surface area contributed by atoms with Gasteiger partial charge in [-0.15, -0.1) is 0 Å². The summed E-state index contributed by atoms with van der Waals surface area (Å²) in [5.74, 6) is 0.227. The Morgan fingerprint density at radius 3 is 2.60 bits per heavy atom. The number of rotatable bonds is 5. The average Bonchev–Trinajstić information content (AvgIpc) is 3.06. The number of hydrogen-bond donors (Lipinski definition) is 1. The van der Waals surface area contributed by atoms with Crippen LogP contribution in [0.1, 0.15) is 58.1 Å². The minimum absolute atomic E-state index is 0.0524. The highest BCUT2D eigenvalue weighted by molar-refractivity contribution is 6.31. The quantitative estimate of drug-likeness (QED) is 0.548. The number of nitrogens with one attached hydrogen (secondary N) is 1. The Hall–Kier alpha value is -2.30. The van der Waals surface area contributed by atoms with Gasteiger partial charge in [0.15, 0.2) is 5.76 Å². The number of furan rings is 1. The van der Waals surface area contributed by atoms with Gasteiger partial charge in [-0.25, -0.2) is 0 Å². The Morgan fingerprint density at radius 1 is 1.13 bits per heavy atom. The molecule has 5 heteroatoms. The summed E-state index contributed by atoms with van der Waals surface area (Å²) < 4.78 is 5.98. The van der Waals surface area contributed by atoms with Crippen LogP contribution in [-0.2, 0) is 0 Å². The highest BCUT2D eigenvalue weighted by Crippen LogP contribution is 2.31. The molecule has 158 valence electrons. The fraction of sp³-hybridized carbons (Fsp3) is 0.400. The SMILES string of the molecule is Cc1cc(C)c2c(C)c(C(=O)NC[C@@H](c3ccccc3Cl)N3CCCCC3)oc2c1. The number of carbonyl (C=O) groups is 1. The first kappa shape index (κ1) is 21.0. The van der Waals surface area contributed by atoms with Gasteiger partial charge < -0.3 is 9.73 Å². The molecule has 4 nitrogen and oxygen atoms in total. The molecule has 2 heterocycles. The van der Waals surface area contributed by atoms with Crippen LogP contribution in [0.15, 0.2) is 40.8 Å². The van der Waals surface area contributed by atoms with Crippen LogP contribution >= 0.6 is 11.6 Å². The smallest absolute Gasteiger partial charge is 0.287 e. The molecule has 0 bridgehead atoms. The van der Waals surface area contributed by atoms with Crippen LogP contribution in [0, 0.1) is 20.8 Å². The number of fused-ring (bicyclic) bond motifs is 1. The minimum atomic E-state index is -0.171. The molecule has 1 saturated heterocycles. The van der Waals surface area contributed by atoms with Crippen molar-refractivity contribution >= 4 is 28.5 Å². The first-order valence-corrected chi connectivity index (χ1v) is 11.1. The van der Waals surface area contributed by atoms with Gasteiger partial charge in [0, 0.05) is 22.5 Å². The molecule has 1 atom stereocenters. The van der Waals surface area contributed by atoms with E-state index in [0.717, 1.165) is 51.3 Å². The van der Waals surface area contributed by atoms with E-state index in [1.807, 2.05) is 38.1 Å². The van der Waals surface area contributed by atoms with E-state index in [4.69, 9.17) is 16.0 Å². The summed E-state index contributed by atoms with van der Waals surface area (Å²) in [6.45, 7) is 8.60. The second-order valence-corrected chi connectivity index (χ2v) is 8.76. The number of likely N-dealkylation sites (tertiary alicyclic amines) is 1. The van der Waals surface area contributed by atoms with Crippen LogP contribution in [0.4, 0.5) is 0 Å². The maximum absolute atomic E-state index is 13.1. The molecule has 3 aromatic rings. The summed E-state index contributed by atoms with van der Waals surface area (Å²) in [5.41, 5.74) is 4.99. The summed E-state index contributed by atoms with van der Waals surface area (Å²) >= 11 is 6.52. The van der Waals surface area contributed by atoms with Crippen molar-refractivity contribution < 1.29 is 9.21 Å². The van der Waals surface area contributed by atoms with Crippen LogP contribution in [0.5, 0.6) is 0 Å². The lowest BCUT2D eigenvalue weighted by molar-refractivity contribution is 0.0898. The molecule has 1 aliphatic rings.